The van der Waals surface area contributed by atoms with Gasteiger partial charge in [0.2, 0.25) is 0 Å². The van der Waals surface area contributed by atoms with E-state index >= 15 is 0 Å². The standard InChI is InChI=1S/2C30H39S.C4H2F6O5S/c2*1-28(2,3)22-10-16-25(17-11-22)31(26-18-12-23(13-19-26)29(4,5)6)27-20-14-24(15-21-27)30(7,8)9;5-2(6,1(11)12)3(7,8)4(9,10)16(13,14)15/h2*10-21H,1-9H3;(H,11,12)(H,13,14,15)/q2*+1;/p-2. The quantitative estimate of drug-likeness (QED) is 0.0773. The second kappa shape index (κ2) is 23.6. The number of carbonyl (C=O) groups excluding carboxylic acids is 1. The fourth-order valence-electron chi connectivity index (χ4n) is 7.83. The van der Waals surface area contributed by atoms with Gasteiger partial charge in [-0.2, -0.15) is 26.3 Å². The minimum Gasteiger partial charge on any atom is -0.743 e. The van der Waals surface area contributed by atoms with Gasteiger partial charge in [0.15, 0.2) is 39.5 Å². The van der Waals surface area contributed by atoms with Gasteiger partial charge in [0, 0.05) is 0 Å². The minimum atomic E-state index is -7.18. The first kappa shape index (κ1) is 65.5. The number of carboxylic acids is 1. The van der Waals surface area contributed by atoms with Crippen molar-refractivity contribution in [3.05, 3.63) is 179 Å². The summed E-state index contributed by atoms with van der Waals surface area (Å²) in [6.45, 7) is 41.0. The highest BCUT2D eigenvalue weighted by Crippen LogP contribution is 2.48. The molecular weight excluding hydrogens is 1060 g/mol. The lowest BCUT2D eigenvalue weighted by Gasteiger charge is -2.33. The van der Waals surface area contributed by atoms with E-state index in [1.54, 1.807) is 0 Å². The van der Waals surface area contributed by atoms with E-state index in [1.165, 1.54) is 62.8 Å². The smallest absolute Gasteiger partial charge is 0.402 e. The van der Waals surface area contributed by atoms with Crippen LogP contribution in [0.2, 0.25) is 0 Å². The first-order valence-electron chi connectivity index (χ1n) is 25.6. The fraction of sp³-hybridized carbons (Fsp3) is 0.422. The number of alkyl halides is 6. The van der Waals surface area contributed by atoms with Gasteiger partial charge in [-0.05, 0) is 139 Å². The molecule has 424 valence electrons. The summed E-state index contributed by atoms with van der Waals surface area (Å²) in [6.07, 6.45) is 0. The van der Waals surface area contributed by atoms with Crippen molar-refractivity contribution in [3.63, 3.8) is 0 Å². The van der Waals surface area contributed by atoms with Crippen LogP contribution < -0.4 is 5.11 Å². The van der Waals surface area contributed by atoms with Gasteiger partial charge in [0.1, 0.15) is 5.97 Å². The Morgan fingerprint density at radius 3 is 0.577 bits per heavy atom. The van der Waals surface area contributed by atoms with Gasteiger partial charge in [-0.3, -0.25) is 0 Å². The number of rotatable bonds is 10. The lowest BCUT2D eigenvalue weighted by Crippen LogP contribution is -2.63. The number of benzene rings is 6. The van der Waals surface area contributed by atoms with Crippen molar-refractivity contribution in [1.82, 2.24) is 0 Å². The molecule has 0 N–H and O–H groups in total. The van der Waals surface area contributed by atoms with Crippen LogP contribution in [0.1, 0.15) is 158 Å². The van der Waals surface area contributed by atoms with Crippen LogP contribution in [0.4, 0.5) is 26.3 Å². The SMILES string of the molecule is CC(C)(C)c1ccc([S+](c2ccc(C(C)(C)C)cc2)c2ccc(C(C)(C)C)cc2)cc1.CC(C)(C)c1ccc([S+](c2ccc(C(C)(C)C)cc2)c2ccc(C(C)(C)C)cc2)cc1.O=C([O-])C(F)(F)C(F)(F)C(F)(F)S(=O)(=O)[O-]. The van der Waals surface area contributed by atoms with E-state index in [0.717, 1.165) is 0 Å². The molecule has 6 aromatic rings. The number of aliphatic carboxylic acids is 1. The Labute approximate surface area is 467 Å². The van der Waals surface area contributed by atoms with Gasteiger partial charge in [-0.25, -0.2) is 8.42 Å². The van der Waals surface area contributed by atoms with E-state index < -0.39 is 33.2 Å². The zero-order valence-electron chi connectivity index (χ0n) is 48.4. The molecule has 0 fully saturated rings. The number of carboxylic acid groups (broad SMARTS) is 1. The van der Waals surface area contributed by atoms with Crippen LogP contribution in [0.15, 0.2) is 175 Å². The van der Waals surface area contributed by atoms with Crippen LogP contribution in [-0.2, 0) is 69.2 Å². The van der Waals surface area contributed by atoms with Gasteiger partial charge in [0.25, 0.3) is 0 Å². The third-order valence-corrected chi connectivity index (χ3v) is 18.4. The summed E-state index contributed by atoms with van der Waals surface area (Å²) in [5.41, 5.74) is 9.28. The van der Waals surface area contributed by atoms with Crippen molar-refractivity contribution in [1.29, 1.82) is 0 Å². The van der Waals surface area contributed by atoms with Crippen molar-refractivity contribution >= 4 is 37.9 Å². The predicted octanol–water partition coefficient (Wildman–Crippen LogP) is 16.5. The van der Waals surface area contributed by atoms with Crippen LogP contribution in [0.25, 0.3) is 0 Å². The highest BCUT2D eigenvalue weighted by Gasteiger charge is 2.75. The largest absolute Gasteiger partial charge is 0.743 e. The summed E-state index contributed by atoms with van der Waals surface area (Å²) in [5, 5.41) is 2.68. The summed E-state index contributed by atoms with van der Waals surface area (Å²) in [7, 11) is -7.42. The first-order chi connectivity index (χ1) is 35.2. The summed E-state index contributed by atoms with van der Waals surface area (Å²) >= 11 is 0. The maximum Gasteiger partial charge on any atom is 0.402 e. The zero-order chi connectivity index (χ0) is 59.6. The van der Waals surface area contributed by atoms with Crippen LogP contribution in [0.5, 0.6) is 0 Å². The molecule has 0 saturated carbocycles. The van der Waals surface area contributed by atoms with Crippen molar-refractivity contribution in [3.8, 4) is 0 Å². The fourth-order valence-corrected chi connectivity index (χ4v) is 12.4. The third kappa shape index (κ3) is 15.9. The Morgan fingerprint density at radius 1 is 0.333 bits per heavy atom. The van der Waals surface area contributed by atoms with E-state index in [0.29, 0.717) is 0 Å². The maximum absolute atomic E-state index is 12.2. The molecule has 14 heteroatoms. The normalized spacial score (nSPS) is 13.4. The van der Waals surface area contributed by atoms with E-state index in [2.05, 4.69) is 270 Å². The molecule has 0 bridgehead atoms. The first-order valence-corrected chi connectivity index (χ1v) is 29.5. The van der Waals surface area contributed by atoms with Gasteiger partial charge in [0.05, 0.1) is 21.8 Å². The van der Waals surface area contributed by atoms with Gasteiger partial charge < -0.3 is 14.5 Å². The Bertz CT molecular complexity index is 2600. The molecule has 0 heterocycles. The molecular formula is C64H78F6O5S3. The average Bonchev–Trinajstić information content (AvgIpc) is 3.31. The highest BCUT2D eigenvalue weighted by atomic mass is 32.2. The van der Waals surface area contributed by atoms with Crippen molar-refractivity contribution in [2.75, 3.05) is 0 Å². The Kier molecular flexibility index (Phi) is 19.8. The molecule has 0 aromatic heterocycles. The molecule has 0 aliphatic heterocycles. The average molecular weight is 1140 g/mol. The number of halogens is 6. The van der Waals surface area contributed by atoms with Crippen LogP contribution >= 0.6 is 0 Å². The van der Waals surface area contributed by atoms with Gasteiger partial charge >= 0.3 is 17.1 Å². The van der Waals surface area contributed by atoms with E-state index in [-0.39, 0.29) is 54.3 Å². The van der Waals surface area contributed by atoms with Crippen LogP contribution in [0.3, 0.4) is 0 Å². The highest BCUT2D eigenvalue weighted by molar-refractivity contribution is 7.97. The number of carbonyl (C=O) groups is 1. The van der Waals surface area contributed by atoms with Crippen LogP contribution in [0, 0.1) is 0 Å². The molecule has 5 nitrogen and oxygen atoms in total. The van der Waals surface area contributed by atoms with E-state index in [9.17, 15) is 49.2 Å². The predicted molar refractivity (Wildman–Crippen MR) is 305 cm³/mol. The van der Waals surface area contributed by atoms with E-state index in [4.69, 9.17) is 0 Å². The lowest BCUT2D eigenvalue weighted by atomic mass is 9.87. The van der Waals surface area contributed by atoms with Crippen LogP contribution in [-0.4, -0.2) is 36.0 Å². The molecule has 0 amide bonds. The minimum absolute atomic E-state index is 0.120. The lowest BCUT2D eigenvalue weighted by molar-refractivity contribution is -0.361. The number of hydrogen-bond acceptors (Lipinski definition) is 5. The van der Waals surface area contributed by atoms with E-state index in [1.807, 2.05) is 0 Å². The molecule has 6 rings (SSSR count). The zero-order valence-corrected chi connectivity index (χ0v) is 50.8. The molecule has 0 radical (unpaired) electrons. The van der Waals surface area contributed by atoms with Crippen molar-refractivity contribution in [2.45, 2.75) is 204 Å². The second-order valence-electron chi connectivity index (χ2n) is 25.7. The Balaban J connectivity index is 0.000000267. The van der Waals surface area contributed by atoms with Crippen molar-refractivity contribution < 1.29 is 49.2 Å². The summed E-state index contributed by atoms with van der Waals surface area (Å²) < 4.78 is 102. The maximum atomic E-state index is 12.2. The second-order valence-corrected chi connectivity index (χ2v) is 31.1. The Hall–Kier alpha value is -5.02. The molecule has 0 unspecified atom stereocenters. The summed E-state index contributed by atoms with van der Waals surface area (Å²) in [5.74, 6) is -17.4. The summed E-state index contributed by atoms with van der Waals surface area (Å²) in [4.78, 5) is 17.7. The Morgan fingerprint density at radius 2 is 0.474 bits per heavy atom. The number of hydrogen-bond donors (Lipinski definition) is 0. The molecule has 0 atom stereocenters. The molecule has 0 aliphatic rings. The third-order valence-electron chi connectivity index (χ3n) is 13.1. The van der Waals surface area contributed by atoms with Crippen molar-refractivity contribution in [2.24, 2.45) is 0 Å². The molecule has 0 spiro atoms. The van der Waals surface area contributed by atoms with Gasteiger partial charge in [-0.1, -0.05) is 197 Å². The monoisotopic (exact) mass is 1140 g/mol. The molecule has 6 aromatic carbocycles. The summed E-state index contributed by atoms with van der Waals surface area (Å²) in [6, 6.07) is 55.7. The molecule has 78 heavy (non-hydrogen) atoms. The van der Waals surface area contributed by atoms with Gasteiger partial charge in [-0.15, -0.1) is 0 Å². The molecule has 0 saturated heterocycles. The topological polar surface area (TPSA) is 97.3 Å². The molecule has 0 aliphatic carbocycles.